The Morgan fingerprint density at radius 1 is 1.21 bits per heavy atom. The van der Waals surface area contributed by atoms with Crippen molar-refractivity contribution in [3.63, 3.8) is 0 Å². The van der Waals surface area contributed by atoms with Crippen LogP contribution in [0.1, 0.15) is 5.56 Å². The first-order valence-electron chi connectivity index (χ1n) is 6.15. The van der Waals surface area contributed by atoms with Gasteiger partial charge in [-0.1, -0.05) is 0 Å². The number of benzene rings is 1. The summed E-state index contributed by atoms with van der Waals surface area (Å²) in [5, 5.41) is 3.39. The van der Waals surface area contributed by atoms with Crippen LogP contribution in [0.4, 0.5) is 5.69 Å². The molecule has 96 valence electrons. The summed E-state index contributed by atoms with van der Waals surface area (Å²) < 4.78 is 7.30. The molecule has 0 fully saturated rings. The maximum atomic E-state index is 5.26. The van der Waals surface area contributed by atoms with Crippen molar-refractivity contribution in [3.8, 4) is 11.3 Å². The number of nitrogens with one attached hydrogen (secondary N) is 1. The molecule has 0 unspecified atom stereocenters. The minimum Gasteiger partial charge on any atom is -0.444 e. The van der Waals surface area contributed by atoms with Crippen LogP contribution in [-0.2, 0) is 13.6 Å². The molecule has 0 atom stereocenters. The summed E-state index contributed by atoms with van der Waals surface area (Å²) in [6.45, 7) is 0.822. The highest BCUT2D eigenvalue weighted by Gasteiger charge is 2.01. The number of anilines is 1. The Bertz CT molecular complexity index is 638. The third kappa shape index (κ3) is 2.68. The number of aryl methyl sites for hydroxylation is 1. The summed E-state index contributed by atoms with van der Waals surface area (Å²) in [6, 6.07) is 10.2. The second-order valence-corrected chi connectivity index (χ2v) is 4.48. The van der Waals surface area contributed by atoms with Gasteiger partial charge in [-0.2, -0.15) is 0 Å². The molecule has 2 heterocycles. The van der Waals surface area contributed by atoms with E-state index in [0.29, 0.717) is 0 Å². The topological polar surface area (TPSA) is 43.0 Å². The van der Waals surface area contributed by atoms with Gasteiger partial charge in [0.15, 0.2) is 12.2 Å². The lowest BCUT2D eigenvalue weighted by molar-refractivity contribution is 0.572. The van der Waals surface area contributed by atoms with Gasteiger partial charge in [-0.15, -0.1) is 0 Å². The maximum Gasteiger partial charge on any atom is 0.181 e. The lowest BCUT2D eigenvalue weighted by Crippen LogP contribution is -1.98. The van der Waals surface area contributed by atoms with Crippen LogP contribution in [0.25, 0.3) is 11.3 Å². The Balaban J connectivity index is 1.66. The average molecular weight is 253 g/mol. The van der Waals surface area contributed by atoms with Gasteiger partial charge in [0.25, 0.3) is 0 Å². The molecule has 0 bridgehead atoms. The van der Waals surface area contributed by atoms with Crippen molar-refractivity contribution in [2.45, 2.75) is 6.54 Å². The van der Waals surface area contributed by atoms with Crippen molar-refractivity contribution in [2.24, 2.45) is 7.05 Å². The van der Waals surface area contributed by atoms with Crippen molar-refractivity contribution in [1.82, 2.24) is 9.55 Å². The predicted octanol–water partition coefficient (Wildman–Crippen LogP) is 3.29. The number of rotatable bonds is 4. The Morgan fingerprint density at radius 3 is 2.68 bits per heavy atom. The van der Waals surface area contributed by atoms with Crippen LogP contribution in [0.15, 0.2) is 59.7 Å². The fraction of sp³-hybridized carbons (Fsp3) is 0.133. The van der Waals surface area contributed by atoms with E-state index in [2.05, 4.69) is 22.6 Å². The molecule has 4 heteroatoms. The van der Waals surface area contributed by atoms with E-state index in [4.69, 9.17) is 4.42 Å². The van der Waals surface area contributed by atoms with Crippen LogP contribution in [-0.4, -0.2) is 9.55 Å². The van der Waals surface area contributed by atoms with Crippen LogP contribution < -0.4 is 5.32 Å². The first kappa shape index (κ1) is 11.6. The zero-order valence-corrected chi connectivity index (χ0v) is 10.7. The molecule has 3 aromatic rings. The first-order chi connectivity index (χ1) is 9.31. The molecule has 0 amide bonds. The zero-order valence-electron chi connectivity index (χ0n) is 10.7. The number of hydrogen-bond acceptors (Lipinski definition) is 3. The molecule has 0 spiro atoms. The Hall–Kier alpha value is -2.49. The molecule has 2 aromatic heterocycles. The van der Waals surface area contributed by atoms with Crippen LogP contribution in [0.2, 0.25) is 0 Å². The highest BCUT2D eigenvalue weighted by molar-refractivity contribution is 5.60. The molecule has 0 radical (unpaired) electrons. The highest BCUT2D eigenvalue weighted by Crippen LogP contribution is 2.20. The molecule has 0 aliphatic carbocycles. The Morgan fingerprint density at radius 2 is 2.05 bits per heavy atom. The summed E-state index contributed by atoms with van der Waals surface area (Å²) in [5.74, 6) is 0.787. The van der Waals surface area contributed by atoms with E-state index in [1.54, 1.807) is 6.20 Å². The zero-order chi connectivity index (χ0) is 13.1. The van der Waals surface area contributed by atoms with Gasteiger partial charge < -0.3 is 14.3 Å². The maximum absolute atomic E-state index is 5.26. The summed E-state index contributed by atoms with van der Waals surface area (Å²) in [6.07, 6.45) is 7.31. The number of aromatic nitrogens is 2. The second-order valence-electron chi connectivity index (χ2n) is 4.48. The third-order valence-electron chi connectivity index (χ3n) is 2.99. The molecule has 1 N–H and O–H groups in total. The summed E-state index contributed by atoms with van der Waals surface area (Å²) in [4.78, 5) is 3.91. The minimum atomic E-state index is 0.787. The Kier molecular flexibility index (Phi) is 3.06. The molecule has 4 nitrogen and oxygen atoms in total. The van der Waals surface area contributed by atoms with Gasteiger partial charge in [-0.25, -0.2) is 4.98 Å². The average Bonchev–Trinajstić information content (AvgIpc) is 3.08. The monoisotopic (exact) mass is 253 g/mol. The molecule has 0 aliphatic heterocycles. The molecule has 0 aliphatic rings. The van der Waals surface area contributed by atoms with E-state index in [-0.39, 0.29) is 0 Å². The van der Waals surface area contributed by atoms with Crippen LogP contribution in [0.3, 0.4) is 0 Å². The SMILES string of the molecule is Cn1ccc(CNc2ccc(-c3cnco3)cc2)c1. The van der Waals surface area contributed by atoms with Gasteiger partial charge in [0, 0.05) is 37.2 Å². The van der Waals surface area contributed by atoms with Crippen molar-refractivity contribution >= 4 is 5.69 Å². The van der Waals surface area contributed by atoms with Crippen molar-refractivity contribution < 1.29 is 4.42 Å². The lowest BCUT2D eigenvalue weighted by Gasteiger charge is -2.05. The lowest BCUT2D eigenvalue weighted by atomic mass is 10.1. The predicted molar refractivity (Wildman–Crippen MR) is 74.7 cm³/mol. The van der Waals surface area contributed by atoms with Gasteiger partial charge in [-0.05, 0) is 35.9 Å². The Labute approximate surface area is 111 Å². The molecule has 19 heavy (non-hydrogen) atoms. The van der Waals surface area contributed by atoms with Crippen LogP contribution in [0, 0.1) is 0 Å². The highest BCUT2D eigenvalue weighted by atomic mass is 16.3. The van der Waals surface area contributed by atoms with E-state index in [0.717, 1.165) is 23.6 Å². The third-order valence-corrected chi connectivity index (χ3v) is 2.99. The molecule has 0 saturated heterocycles. The van der Waals surface area contributed by atoms with E-state index in [1.165, 1.54) is 12.0 Å². The van der Waals surface area contributed by atoms with Gasteiger partial charge in [0.2, 0.25) is 0 Å². The second kappa shape index (κ2) is 5.02. The van der Waals surface area contributed by atoms with E-state index in [9.17, 15) is 0 Å². The smallest absolute Gasteiger partial charge is 0.181 e. The van der Waals surface area contributed by atoms with Crippen molar-refractivity contribution in [3.05, 3.63) is 60.9 Å². The van der Waals surface area contributed by atoms with Gasteiger partial charge in [0.05, 0.1) is 6.20 Å². The van der Waals surface area contributed by atoms with E-state index >= 15 is 0 Å². The largest absolute Gasteiger partial charge is 0.444 e. The van der Waals surface area contributed by atoms with Gasteiger partial charge >= 0.3 is 0 Å². The minimum absolute atomic E-state index is 0.787. The summed E-state index contributed by atoms with van der Waals surface area (Å²) in [5.41, 5.74) is 3.39. The fourth-order valence-electron chi connectivity index (χ4n) is 1.98. The molecule has 3 rings (SSSR count). The molecule has 1 aromatic carbocycles. The molecular weight excluding hydrogens is 238 g/mol. The summed E-state index contributed by atoms with van der Waals surface area (Å²) >= 11 is 0. The van der Waals surface area contributed by atoms with Crippen molar-refractivity contribution in [1.29, 1.82) is 0 Å². The van der Waals surface area contributed by atoms with Gasteiger partial charge in [0.1, 0.15) is 0 Å². The number of nitrogens with zero attached hydrogens (tertiary/aromatic N) is 2. The fourth-order valence-corrected chi connectivity index (χ4v) is 1.98. The normalized spacial score (nSPS) is 10.6. The molecule has 0 saturated carbocycles. The van der Waals surface area contributed by atoms with E-state index < -0.39 is 0 Å². The van der Waals surface area contributed by atoms with Crippen LogP contribution in [0.5, 0.6) is 0 Å². The van der Waals surface area contributed by atoms with Crippen LogP contribution >= 0.6 is 0 Å². The number of oxazole rings is 1. The molecular formula is C15H15N3O. The quantitative estimate of drug-likeness (QED) is 0.775. The number of hydrogen-bond donors (Lipinski definition) is 1. The van der Waals surface area contributed by atoms with E-state index in [1.807, 2.05) is 42.1 Å². The summed E-state index contributed by atoms with van der Waals surface area (Å²) in [7, 11) is 2.02. The standard InChI is InChI=1S/C15H15N3O/c1-18-7-6-12(10-18)8-17-14-4-2-13(3-5-14)15-9-16-11-19-15/h2-7,9-11,17H,8H2,1H3. The van der Waals surface area contributed by atoms with Gasteiger partial charge in [-0.3, -0.25) is 0 Å². The van der Waals surface area contributed by atoms with Crippen molar-refractivity contribution in [2.75, 3.05) is 5.32 Å². The first-order valence-corrected chi connectivity index (χ1v) is 6.15.